The number of nitrogens with zero attached hydrogens (tertiary/aromatic N) is 2. The van der Waals surface area contributed by atoms with Gasteiger partial charge >= 0.3 is 11.9 Å². The molecule has 8 nitrogen and oxygen atoms in total. The van der Waals surface area contributed by atoms with Crippen LogP contribution in [0.2, 0.25) is 0 Å². The van der Waals surface area contributed by atoms with Crippen molar-refractivity contribution in [1.29, 1.82) is 0 Å². The molecule has 1 aromatic carbocycles. The zero-order valence-corrected chi connectivity index (χ0v) is 17.8. The first-order valence-electron chi connectivity index (χ1n) is 10.5. The highest BCUT2D eigenvalue weighted by Gasteiger charge is 2.45. The van der Waals surface area contributed by atoms with Crippen molar-refractivity contribution in [1.82, 2.24) is 9.55 Å². The number of rotatable bonds is 4. The minimum absolute atomic E-state index is 0.105. The highest BCUT2D eigenvalue weighted by Crippen LogP contribution is 2.38. The number of methoxy groups -OCH3 is 1. The van der Waals surface area contributed by atoms with Crippen LogP contribution in [-0.2, 0) is 44.2 Å². The molecule has 2 aliphatic rings. The van der Waals surface area contributed by atoms with Gasteiger partial charge in [0, 0.05) is 22.9 Å². The van der Waals surface area contributed by atoms with E-state index in [4.69, 9.17) is 14.5 Å². The van der Waals surface area contributed by atoms with Gasteiger partial charge in [-0.3, -0.25) is 9.59 Å². The second kappa shape index (κ2) is 7.27. The Morgan fingerprint density at radius 2 is 2.09 bits per heavy atom. The standard InChI is InChI=1S/C24H22N2O6/c1-3-24(30)17-10-19-21-15(11-26(19)22(28)16(17)12-32-23(24)29)9-14-8-13(4-6-18(14)25-21)5-7-20(27)31-2/h4,6,8-10,30H,3,5,7,11-12H2,1-2H3. The van der Waals surface area contributed by atoms with Crippen LogP contribution in [0.4, 0.5) is 0 Å². The topological polar surface area (TPSA) is 108 Å². The zero-order valence-electron chi connectivity index (χ0n) is 17.8. The van der Waals surface area contributed by atoms with Crippen molar-refractivity contribution in [3.8, 4) is 11.4 Å². The van der Waals surface area contributed by atoms with Crippen molar-refractivity contribution in [3.05, 3.63) is 62.9 Å². The summed E-state index contributed by atoms with van der Waals surface area (Å²) < 4.78 is 11.4. The van der Waals surface area contributed by atoms with Crippen LogP contribution in [0, 0.1) is 0 Å². The largest absolute Gasteiger partial charge is 0.469 e. The smallest absolute Gasteiger partial charge is 0.343 e. The van der Waals surface area contributed by atoms with Crippen molar-refractivity contribution in [3.63, 3.8) is 0 Å². The van der Waals surface area contributed by atoms with Crippen LogP contribution >= 0.6 is 0 Å². The van der Waals surface area contributed by atoms with Gasteiger partial charge in [-0.05, 0) is 42.7 Å². The van der Waals surface area contributed by atoms with E-state index in [0.717, 1.165) is 22.0 Å². The number of esters is 2. The number of cyclic esters (lactones) is 1. The molecule has 5 rings (SSSR count). The summed E-state index contributed by atoms with van der Waals surface area (Å²) in [6.07, 6.45) is 0.970. The number of hydrogen-bond donors (Lipinski definition) is 1. The van der Waals surface area contributed by atoms with Crippen LogP contribution in [0.1, 0.15) is 42.0 Å². The predicted molar refractivity (Wildman–Crippen MR) is 115 cm³/mol. The molecule has 0 saturated heterocycles. The number of aromatic nitrogens is 2. The number of aryl methyl sites for hydroxylation is 1. The molecule has 32 heavy (non-hydrogen) atoms. The van der Waals surface area contributed by atoms with Gasteiger partial charge in [0.1, 0.15) is 6.61 Å². The summed E-state index contributed by atoms with van der Waals surface area (Å²) in [7, 11) is 1.37. The lowest BCUT2D eigenvalue weighted by atomic mass is 9.86. The second-order valence-corrected chi connectivity index (χ2v) is 8.20. The fraction of sp³-hybridized carbons (Fsp3) is 0.333. The summed E-state index contributed by atoms with van der Waals surface area (Å²) >= 11 is 0. The Hall–Kier alpha value is -3.52. The van der Waals surface area contributed by atoms with Crippen LogP contribution < -0.4 is 5.56 Å². The molecule has 0 fully saturated rings. The number of ether oxygens (including phenoxy) is 2. The molecule has 0 aliphatic carbocycles. The van der Waals surface area contributed by atoms with E-state index >= 15 is 0 Å². The van der Waals surface area contributed by atoms with Gasteiger partial charge in [-0.15, -0.1) is 0 Å². The van der Waals surface area contributed by atoms with E-state index in [2.05, 4.69) is 0 Å². The summed E-state index contributed by atoms with van der Waals surface area (Å²) in [6, 6.07) is 9.51. The maximum absolute atomic E-state index is 13.2. The number of pyridine rings is 2. The van der Waals surface area contributed by atoms with E-state index in [-0.39, 0.29) is 24.6 Å². The quantitative estimate of drug-likeness (QED) is 0.491. The third-order valence-electron chi connectivity index (χ3n) is 6.42. The van der Waals surface area contributed by atoms with Gasteiger partial charge in [0.05, 0.1) is 36.1 Å². The van der Waals surface area contributed by atoms with Gasteiger partial charge in [0.15, 0.2) is 5.60 Å². The normalized spacial score (nSPS) is 18.7. The summed E-state index contributed by atoms with van der Waals surface area (Å²) in [5.74, 6) is -0.994. The molecular weight excluding hydrogens is 412 g/mol. The van der Waals surface area contributed by atoms with Crippen molar-refractivity contribution in [2.45, 2.75) is 44.9 Å². The SMILES string of the molecule is CCC1(O)C(=O)OCc2c1cc1n(c2=O)Cc2cc3cc(CCC(=O)OC)ccc3nc2-1. The lowest BCUT2D eigenvalue weighted by molar-refractivity contribution is -0.172. The highest BCUT2D eigenvalue weighted by atomic mass is 16.6. The molecule has 1 atom stereocenters. The molecule has 1 N–H and O–H groups in total. The molecule has 0 amide bonds. The number of hydrogen-bond acceptors (Lipinski definition) is 7. The molecular formula is C24H22N2O6. The van der Waals surface area contributed by atoms with Crippen LogP contribution in [0.25, 0.3) is 22.3 Å². The lowest BCUT2D eigenvalue weighted by Gasteiger charge is -2.31. The molecule has 1 unspecified atom stereocenters. The molecule has 3 aromatic rings. The van der Waals surface area contributed by atoms with Gasteiger partial charge < -0.3 is 19.1 Å². The van der Waals surface area contributed by atoms with E-state index < -0.39 is 11.6 Å². The number of carbonyl (C=O) groups is 2. The van der Waals surface area contributed by atoms with Gasteiger partial charge in [-0.25, -0.2) is 9.78 Å². The number of carbonyl (C=O) groups excluding carboxylic acids is 2. The van der Waals surface area contributed by atoms with E-state index in [1.807, 2.05) is 24.3 Å². The van der Waals surface area contributed by atoms with E-state index in [9.17, 15) is 19.5 Å². The monoisotopic (exact) mass is 434 g/mol. The first-order chi connectivity index (χ1) is 15.4. The fourth-order valence-corrected chi connectivity index (χ4v) is 4.54. The number of fused-ring (bicyclic) bond motifs is 5. The first-order valence-corrected chi connectivity index (χ1v) is 10.5. The third kappa shape index (κ3) is 2.94. The summed E-state index contributed by atoms with van der Waals surface area (Å²) in [4.78, 5) is 41.7. The van der Waals surface area contributed by atoms with Crippen molar-refractivity contribution in [2.24, 2.45) is 0 Å². The molecule has 2 aliphatic heterocycles. The first kappa shape index (κ1) is 20.4. The Bertz CT molecular complexity index is 1360. The zero-order chi connectivity index (χ0) is 22.6. The molecule has 0 radical (unpaired) electrons. The summed E-state index contributed by atoms with van der Waals surface area (Å²) in [6.45, 7) is 1.88. The maximum Gasteiger partial charge on any atom is 0.343 e. The molecule has 0 saturated carbocycles. The number of benzene rings is 1. The number of aliphatic hydroxyl groups is 1. The fourth-order valence-electron chi connectivity index (χ4n) is 4.54. The van der Waals surface area contributed by atoms with Crippen LogP contribution in [0.5, 0.6) is 0 Å². The second-order valence-electron chi connectivity index (χ2n) is 8.20. The Morgan fingerprint density at radius 3 is 2.84 bits per heavy atom. The van der Waals surface area contributed by atoms with Gasteiger partial charge in [-0.1, -0.05) is 13.0 Å². The third-order valence-corrected chi connectivity index (χ3v) is 6.42. The minimum atomic E-state index is -1.84. The van der Waals surface area contributed by atoms with Crippen molar-refractivity contribution < 1.29 is 24.2 Å². The van der Waals surface area contributed by atoms with Gasteiger partial charge in [-0.2, -0.15) is 0 Å². The van der Waals surface area contributed by atoms with Crippen LogP contribution in [0.15, 0.2) is 35.1 Å². The Kier molecular flexibility index (Phi) is 4.63. The van der Waals surface area contributed by atoms with E-state index in [0.29, 0.717) is 41.9 Å². The van der Waals surface area contributed by atoms with E-state index in [1.165, 1.54) is 7.11 Å². The Morgan fingerprint density at radius 1 is 1.28 bits per heavy atom. The summed E-state index contributed by atoms with van der Waals surface area (Å²) in [5, 5.41) is 11.9. The molecule has 8 heteroatoms. The average Bonchev–Trinajstić information content (AvgIpc) is 3.16. The van der Waals surface area contributed by atoms with Gasteiger partial charge in [0.2, 0.25) is 0 Å². The lowest BCUT2D eigenvalue weighted by Crippen LogP contribution is -2.44. The Labute approximate surface area is 183 Å². The average molecular weight is 434 g/mol. The Balaban J connectivity index is 1.60. The predicted octanol–water partition coefficient (Wildman–Crippen LogP) is 2.19. The van der Waals surface area contributed by atoms with Gasteiger partial charge in [0.25, 0.3) is 5.56 Å². The minimum Gasteiger partial charge on any atom is -0.469 e. The maximum atomic E-state index is 13.2. The van der Waals surface area contributed by atoms with E-state index in [1.54, 1.807) is 17.6 Å². The van der Waals surface area contributed by atoms with Crippen molar-refractivity contribution >= 4 is 22.8 Å². The molecule has 0 bridgehead atoms. The van der Waals surface area contributed by atoms with Crippen molar-refractivity contribution in [2.75, 3.05) is 7.11 Å². The molecule has 4 heterocycles. The highest BCUT2D eigenvalue weighted by molar-refractivity contribution is 5.86. The molecule has 0 spiro atoms. The van der Waals surface area contributed by atoms with Crippen LogP contribution in [-0.4, -0.2) is 33.7 Å². The van der Waals surface area contributed by atoms with Crippen LogP contribution in [0.3, 0.4) is 0 Å². The summed E-state index contributed by atoms with van der Waals surface area (Å²) in [5.41, 5.74) is 2.38. The molecule has 164 valence electrons. The molecule has 2 aromatic heterocycles.